The number of ether oxygens (including phenoxy) is 1. The lowest BCUT2D eigenvalue weighted by molar-refractivity contribution is -0.117. The Kier molecular flexibility index (Phi) is 4.59. The number of methoxy groups -OCH3 is 1. The first-order chi connectivity index (χ1) is 10.0. The number of amides is 1. The summed E-state index contributed by atoms with van der Waals surface area (Å²) in [6.45, 7) is 1.89. The maximum atomic E-state index is 12.1. The maximum absolute atomic E-state index is 12.1. The molecule has 1 heterocycles. The van der Waals surface area contributed by atoms with E-state index in [1.54, 1.807) is 18.0 Å². The third-order valence-electron chi connectivity index (χ3n) is 3.44. The zero-order chi connectivity index (χ0) is 15.4. The molecule has 0 spiro atoms. The quantitative estimate of drug-likeness (QED) is 0.867. The van der Waals surface area contributed by atoms with Crippen LogP contribution in [0.5, 0.6) is 5.75 Å². The molecule has 1 aromatic carbocycles. The second-order valence-electron chi connectivity index (χ2n) is 4.92. The molecular weight excluding hydrogens is 268 g/mol. The van der Waals surface area contributed by atoms with Gasteiger partial charge in [-0.15, -0.1) is 0 Å². The van der Waals surface area contributed by atoms with Crippen molar-refractivity contribution in [2.75, 3.05) is 12.4 Å². The Labute approximate surface area is 123 Å². The van der Waals surface area contributed by atoms with Crippen molar-refractivity contribution in [2.45, 2.75) is 19.4 Å². The van der Waals surface area contributed by atoms with Gasteiger partial charge < -0.3 is 15.8 Å². The minimum atomic E-state index is -0.613. The van der Waals surface area contributed by atoms with E-state index in [9.17, 15) is 4.79 Å². The van der Waals surface area contributed by atoms with Gasteiger partial charge in [0.2, 0.25) is 5.91 Å². The first-order valence-electron chi connectivity index (χ1n) is 6.69. The van der Waals surface area contributed by atoms with Gasteiger partial charge in [-0.25, -0.2) is 0 Å². The van der Waals surface area contributed by atoms with Crippen LogP contribution in [0.15, 0.2) is 30.5 Å². The predicted octanol–water partition coefficient (Wildman–Crippen LogP) is 1.25. The Bertz CT molecular complexity index is 619. The van der Waals surface area contributed by atoms with Gasteiger partial charge >= 0.3 is 0 Å². The van der Waals surface area contributed by atoms with Crippen molar-refractivity contribution >= 4 is 11.6 Å². The molecule has 6 nitrogen and oxygen atoms in total. The number of aryl methyl sites for hydroxylation is 1. The van der Waals surface area contributed by atoms with Crippen LogP contribution in [0.4, 0.5) is 5.69 Å². The van der Waals surface area contributed by atoms with Gasteiger partial charge in [-0.1, -0.05) is 12.1 Å². The molecule has 1 aromatic heterocycles. The van der Waals surface area contributed by atoms with E-state index in [1.807, 2.05) is 38.2 Å². The van der Waals surface area contributed by atoms with E-state index in [4.69, 9.17) is 10.5 Å². The SMILES string of the molecule is COc1ccc(C[C@H](N)C(=O)Nc2cnn(C)c2C)cc1. The van der Waals surface area contributed by atoms with Crippen LogP contribution < -0.4 is 15.8 Å². The fraction of sp³-hybridized carbons (Fsp3) is 0.333. The van der Waals surface area contributed by atoms with Crippen LogP contribution >= 0.6 is 0 Å². The zero-order valence-corrected chi connectivity index (χ0v) is 12.5. The summed E-state index contributed by atoms with van der Waals surface area (Å²) in [5.74, 6) is 0.560. The molecule has 1 atom stereocenters. The molecule has 2 rings (SSSR count). The average Bonchev–Trinajstić information content (AvgIpc) is 2.80. The Morgan fingerprint density at radius 3 is 2.62 bits per heavy atom. The van der Waals surface area contributed by atoms with E-state index in [2.05, 4.69) is 10.4 Å². The number of nitrogens with zero attached hydrogens (tertiary/aromatic N) is 2. The lowest BCUT2D eigenvalue weighted by Gasteiger charge is -2.12. The predicted molar refractivity (Wildman–Crippen MR) is 81.2 cm³/mol. The van der Waals surface area contributed by atoms with Gasteiger partial charge in [0.05, 0.1) is 30.7 Å². The third kappa shape index (κ3) is 3.61. The molecule has 0 aliphatic heterocycles. The fourth-order valence-corrected chi connectivity index (χ4v) is 1.96. The van der Waals surface area contributed by atoms with Gasteiger partial charge in [0, 0.05) is 7.05 Å². The maximum Gasteiger partial charge on any atom is 0.241 e. The molecule has 0 saturated heterocycles. The summed E-state index contributed by atoms with van der Waals surface area (Å²) >= 11 is 0. The second kappa shape index (κ2) is 6.41. The lowest BCUT2D eigenvalue weighted by Crippen LogP contribution is -2.37. The number of carbonyl (C=O) groups excluding carboxylic acids is 1. The number of hydrogen-bond acceptors (Lipinski definition) is 4. The molecular formula is C15H20N4O2. The summed E-state index contributed by atoms with van der Waals surface area (Å²) in [7, 11) is 3.44. The summed E-state index contributed by atoms with van der Waals surface area (Å²) in [5.41, 5.74) is 8.52. The Balaban J connectivity index is 1.97. The standard InChI is InChI=1S/C15H20N4O2/c1-10-14(9-17-19(10)2)18-15(20)13(16)8-11-4-6-12(21-3)7-5-11/h4-7,9,13H,8,16H2,1-3H3,(H,18,20)/t13-/m0/s1. The van der Waals surface area contributed by atoms with Gasteiger partial charge in [-0.05, 0) is 31.0 Å². The first-order valence-corrected chi connectivity index (χ1v) is 6.69. The number of benzene rings is 1. The molecule has 0 aliphatic rings. The molecule has 3 N–H and O–H groups in total. The number of nitrogens with two attached hydrogens (primary N) is 1. The summed E-state index contributed by atoms with van der Waals surface area (Å²) in [6.07, 6.45) is 2.09. The van der Waals surface area contributed by atoms with E-state index in [0.717, 1.165) is 17.0 Å². The van der Waals surface area contributed by atoms with E-state index in [0.29, 0.717) is 12.1 Å². The van der Waals surface area contributed by atoms with Crippen LogP contribution in [0.25, 0.3) is 0 Å². The number of anilines is 1. The number of carbonyl (C=O) groups is 1. The molecule has 0 saturated carbocycles. The van der Waals surface area contributed by atoms with Crippen LogP contribution in [-0.2, 0) is 18.3 Å². The van der Waals surface area contributed by atoms with Crippen LogP contribution in [-0.4, -0.2) is 28.8 Å². The number of nitrogens with one attached hydrogen (secondary N) is 1. The Morgan fingerprint density at radius 2 is 2.10 bits per heavy atom. The van der Waals surface area contributed by atoms with Crippen molar-refractivity contribution in [3.05, 3.63) is 41.7 Å². The van der Waals surface area contributed by atoms with Crippen molar-refractivity contribution < 1.29 is 9.53 Å². The van der Waals surface area contributed by atoms with Crippen molar-refractivity contribution in [1.82, 2.24) is 9.78 Å². The molecule has 0 fully saturated rings. The molecule has 0 aliphatic carbocycles. The minimum absolute atomic E-state index is 0.220. The van der Waals surface area contributed by atoms with Gasteiger partial charge in [0.25, 0.3) is 0 Å². The fourth-order valence-electron chi connectivity index (χ4n) is 1.96. The second-order valence-corrected chi connectivity index (χ2v) is 4.92. The van der Waals surface area contributed by atoms with Gasteiger partial charge in [-0.2, -0.15) is 5.10 Å². The van der Waals surface area contributed by atoms with Crippen molar-refractivity contribution in [1.29, 1.82) is 0 Å². The van der Waals surface area contributed by atoms with Crippen LogP contribution in [0.3, 0.4) is 0 Å². The normalized spacial score (nSPS) is 12.0. The minimum Gasteiger partial charge on any atom is -0.497 e. The number of hydrogen-bond donors (Lipinski definition) is 2. The smallest absolute Gasteiger partial charge is 0.241 e. The number of aromatic nitrogens is 2. The van der Waals surface area contributed by atoms with Crippen LogP contribution in [0, 0.1) is 6.92 Å². The van der Waals surface area contributed by atoms with Gasteiger partial charge in [-0.3, -0.25) is 9.48 Å². The number of rotatable bonds is 5. The highest BCUT2D eigenvalue weighted by Crippen LogP contribution is 2.14. The van der Waals surface area contributed by atoms with Gasteiger partial charge in [0.1, 0.15) is 5.75 Å². The average molecular weight is 288 g/mol. The molecule has 2 aromatic rings. The van der Waals surface area contributed by atoms with Crippen molar-refractivity contribution in [2.24, 2.45) is 12.8 Å². The summed E-state index contributed by atoms with van der Waals surface area (Å²) in [4.78, 5) is 12.1. The molecule has 1 amide bonds. The summed E-state index contributed by atoms with van der Waals surface area (Å²) in [6, 6.07) is 6.90. The molecule has 112 valence electrons. The zero-order valence-electron chi connectivity index (χ0n) is 12.5. The van der Waals surface area contributed by atoms with Crippen molar-refractivity contribution in [3.8, 4) is 5.75 Å². The molecule has 0 unspecified atom stereocenters. The topological polar surface area (TPSA) is 82.2 Å². The Hall–Kier alpha value is -2.34. The third-order valence-corrected chi connectivity index (χ3v) is 3.44. The van der Waals surface area contributed by atoms with E-state index < -0.39 is 6.04 Å². The van der Waals surface area contributed by atoms with Crippen LogP contribution in [0.1, 0.15) is 11.3 Å². The van der Waals surface area contributed by atoms with Gasteiger partial charge in [0.15, 0.2) is 0 Å². The lowest BCUT2D eigenvalue weighted by atomic mass is 10.1. The van der Waals surface area contributed by atoms with Crippen LogP contribution in [0.2, 0.25) is 0 Å². The highest BCUT2D eigenvalue weighted by Gasteiger charge is 2.16. The summed E-state index contributed by atoms with van der Waals surface area (Å²) < 4.78 is 6.80. The van der Waals surface area contributed by atoms with Crippen molar-refractivity contribution in [3.63, 3.8) is 0 Å². The Morgan fingerprint density at radius 1 is 1.43 bits per heavy atom. The molecule has 21 heavy (non-hydrogen) atoms. The van der Waals surface area contributed by atoms with E-state index >= 15 is 0 Å². The van der Waals surface area contributed by atoms with E-state index in [-0.39, 0.29) is 5.91 Å². The highest BCUT2D eigenvalue weighted by molar-refractivity contribution is 5.95. The molecule has 6 heteroatoms. The monoisotopic (exact) mass is 288 g/mol. The first kappa shape index (κ1) is 15.1. The van der Waals surface area contributed by atoms with E-state index in [1.165, 1.54) is 0 Å². The molecule has 0 radical (unpaired) electrons. The largest absolute Gasteiger partial charge is 0.497 e. The summed E-state index contributed by atoms with van der Waals surface area (Å²) in [5, 5.41) is 6.88. The highest BCUT2D eigenvalue weighted by atomic mass is 16.5. The molecule has 0 bridgehead atoms.